The van der Waals surface area contributed by atoms with E-state index in [1.54, 1.807) is 10.7 Å². The number of thiophene rings is 1. The maximum atomic E-state index is 12.9. The first-order chi connectivity index (χ1) is 13.6. The third-order valence-corrected chi connectivity index (χ3v) is 7.92. The van der Waals surface area contributed by atoms with Gasteiger partial charge in [-0.25, -0.2) is 13.1 Å². The van der Waals surface area contributed by atoms with Crippen molar-refractivity contribution in [3.8, 4) is 0 Å². The molecule has 4 rings (SSSR count). The quantitative estimate of drug-likeness (QED) is 0.664. The Labute approximate surface area is 173 Å². The second kappa shape index (κ2) is 7.24. The first-order valence-corrected chi connectivity index (χ1v) is 12.3. The lowest BCUT2D eigenvalue weighted by molar-refractivity contribution is 0.102. The van der Waals surface area contributed by atoms with Gasteiger partial charge in [0, 0.05) is 18.0 Å². The van der Waals surface area contributed by atoms with Gasteiger partial charge in [0.25, 0.3) is 5.91 Å². The summed E-state index contributed by atoms with van der Waals surface area (Å²) in [4.78, 5) is 14.5. The summed E-state index contributed by atoms with van der Waals surface area (Å²) in [6.45, 7) is 8.85. The highest BCUT2D eigenvalue weighted by molar-refractivity contribution is 7.91. The normalized spacial score (nSPS) is 18.7. The standard InChI is InChI=1S/C19H25N5O3S2/c1-11(2)9-23-19-15(13(4)22-23)8-16(28-19)18(25)20-17-7-12(3)21-24(17)14-5-6-29(26,27)10-14/h7-8,11,14H,5-6,9-10H2,1-4H3,(H,20,25). The minimum Gasteiger partial charge on any atom is -0.306 e. The number of amides is 1. The molecular weight excluding hydrogens is 410 g/mol. The molecule has 1 aliphatic rings. The summed E-state index contributed by atoms with van der Waals surface area (Å²) in [6.07, 6.45) is 0.513. The molecule has 1 amide bonds. The molecule has 0 radical (unpaired) electrons. The maximum absolute atomic E-state index is 12.9. The van der Waals surface area contributed by atoms with Crippen LogP contribution in [-0.4, -0.2) is 45.4 Å². The summed E-state index contributed by atoms with van der Waals surface area (Å²) < 4.78 is 27.3. The molecule has 3 aromatic heterocycles. The molecule has 1 aliphatic heterocycles. The zero-order valence-corrected chi connectivity index (χ0v) is 18.6. The van der Waals surface area contributed by atoms with Gasteiger partial charge in [0.1, 0.15) is 10.6 Å². The monoisotopic (exact) mass is 435 g/mol. The molecule has 1 unspecified atom stereocenters. The Bertz CT molecular complexity index is 1190. The van der Waals surface area contributed by atoms with E-state index in [0.29, 0.717) is 23.0 Å². The molecule has 1 N–H and O–H groups in total. The van der Waals surface area contributed by atoms with Gasteiger partial charge >= 0.3 is 0 Å². The zero-order valence-electron chi connectivity index (χ0n) is 17.0. The average Bonchev–Trinajstić information content (AvgIpc) is 3.34. The van der Waals surface area contributed by atoms with E-state index in [1.165, 1.54) is 11.3 Å². The van der Waals surface area contributed by atoms with Gasteiger partial charge in [-0.05, 0) is 32.3 Å². The van der Waals surface area contributed by atoms with E-state index in [4.69, 9.17) is 0 Å². The van der Waals surface area contributed by atoms with Crippen LogP contribution >= 0.6 is 11.3 Å². The molecule has 10 heteroatoms. The van der Waals surface area contributed by atoms with Crippen molar-refractivity contribution in [2.24, 2.45) is 5.92 Å². The Morgan fingerprint density at radius 3 is 2.72 bits per heavy atom. The van der Waals surface area contributed by atoms with Crippen molar-refractivity contribution in [2.45, 2.75) is 46.7 Å². The van der Waals surface area contributed by atoms with Crippen LogP contribution in [0.4, 0.5) is 5.82 Å². The van der Waals surface area contributed by atoms with Crippen LogP contribution in [0.1, 0.15) is 47.4 Å². The predicted molar refractivity (Wildman–Crippen MR) is 114 cm³/mol. The second-order valence-corrected chi connectivity index (χ2v) is 11.4. The number of nitrogens with one attached hydrogen (secondary N) is 1. The Kier molecular flexibility index (Phi) is 5.02. The fourth-order valence-electron chi connectivity index (χ4n) is 3.73. The van der Waals surface area contributed by atoms with Crippen molar-refractivity contribution < 1.29 is 13.2 Å². The van der Waals surface area contributed by atoms with Gasteiger partial charge in [0.15, 0.2) is 9.84 Å². The number of aromatic nitrogens is 4. The number of hydrogen-bond acceptors (Lipinski definition) is 6. The van der Waals surface area contributed by atoms with Gasteiger partial charge in [-0.1, -0.05) is 13.8 Å². The molecule has 29 heavy (non-hydrogen) atoms. The van der Waals surface area contributed by atoms with Gasteiger partial charge in [-0.15, -0.1) is 11.3 Å². The first-order valence-electron chi connectivity index (χ1n) is 9.68. The minimum absolute atomic E-state index is 0.0596. The topological polar surface area (TPSA) is 98.9 Å². The summed E-state index contributed by atoms with van der Waals surface area (Å²) in [5.74, 6) is 0.990. The number of nitrogens with zero attached hydrogens (tertiary/aromatic N) is 4. The van der Waals surface area contributed by atoms with E-state index < -0.39 is 9.84 Å². The van der Waals surface area contributed by atoms with Crippen molar-refractivity contribution in [2.75, 3.05) is 16.8 Å². The van der Waals surface area contributed by atoms with Crippen LogP contribution in [0.5, 0.6) is 0 Å². The van der Waals surface area contributed by atoms with Crippen LogP contribution < -0.4 is 5.32 Å². The number of aryl methyl sites for hydroxylation is 2. The number of hydrogen-bond donors (Lipinski definition) is 1. The third-order valence-electron chi connectivity index (χ3n) is 5.02. The lowest BCUT2D eigenvalue weighted by Gasteiger charge is -2.13. The van der Waals surface area contributed by atoms with Crippen molar-refractivity contribution in [3.63, 3.8) is 0 Å². The Morgan fingerprint density at radius 2 is 2.07 bits per heavy atom. The SMILES string of the molecule is Cc1cc(NC(=O)c2cc3c(C)nn(CC(C)C)c3s2)n(C2CCS(=O)(=O)C2)n1. The highest BCUT2D eigenvalue weighted by Gasteiger charge is 2.31. The summed E-state index contributed by atoms with van der Waals surface area (Å²) in [5.41, 5.74) is 1.65. The van der Waals surface area contributed by atoms with Crippen LogP contribution in [0.3, 0.4) is 0 Å². The molecule has 0 aliphatic carbocycles. The van der Waals surface area contributed by atoms with E-state index in [0.717, 1.165) is 28.1 Å². The first kappa shape index (κ1) is 20.1. The Hall–Kier alpha value is -2.20. The van der Waals surface area contributed by atoms with Crippen molar-refractivity contribution >= 4 is 43.1 Å². The van der Waals surface area contributed by atoms with Crippen molar-refractivity contribution in [3.05, 3.63) is 28.4 Å². The molecule has 1 fully saturated rings. The third kappa shape index (κ3) is 3.95. The van der Waals surface area contributed by atoms with Gasteiger partial charge in [0.2, 0.25) is 0 Å². The van der Waals surface area contributed by atoms with Crippen LogP contribution in [0.25, 0.3) is 10.2 Å². The van der Waals surface area contributed by atoms with Crippen LogP contribution in [0, 0.1) is 19.8 Å². The summed E-state index contributed by atoms with van der Waals surface area (Å²) in [7, 11) is -3.04. The van der Waals surface area contributed by atoms with Gasteiger partial charge in [-0.2, -0.15) is 10.2 Å². The number of anilines is 1. The number of rotatable bonds is 5. The highest BCUT2D eigenvalue weighted by atomic mass is 32.2. The molecule has 4 heterocycles. The maximum Gasteiger partial charge on any atom is 0.266 e. The Balaban J connectivity index is 1.60. The van der Waals surface area contributed by atoms with Crippen LogP contribution in [0.15, 0.2) is 12.1 Å². The molecule has 0 spiro atoms. The molecule has 0 aromatic carbocycles. The lowest BCUT2D eigenvalue weighted by Crippen LogP contribution is -2.19. The zero-order chi connectivity index (χ0) is 20.9. The fourth-order valence-corrected chi connectivity index (χ4v) is 6.49. The van der Waals surface area contributed by atoms with E-state index in [1.807, 2.05) is 24.6 Å². The van der Waals surface area contributed by atoms with E-state index in [2.05, 4.69) is 29.4 Å². The van der Waals surface area contributed by atoms with Gasteiger partial charge in [0.05, 0.1) is 33.8 Å². The van der Waals surface area contributed by atoms with Crippen LogP contribution in [-0.2, 0) is 16.4 Å². The molecular formula is C19H25N5O3S2. The number of fused-ring (bicyclic) bond motifs is 1. The Morgan fingerprint density at radius 1 is 1.31 bits per heavy atom. The second-order valence-electron chi connectivity index (χ2n) is 8.12. The fraction of sp³-hybridized carbons (Fsp3) is 0.526. The summed E-state index contributed by atoms with van der Waals surface area (Å²) in [5, 5.41) is 12.9. The van der Waals surface area contributed by atoms with E-state index in [-0.39, 0.29) is 23.5 Å². The van der Waals surface area contributed by atoms with Gasteiger partial charge in [-0.3, -0.25) is 9.48 Å². The summed E-state index contributed by atoms with van der Waals surface area (Å²) >= 11 is 1.42. The van der Waals surface area contributed by atoms with Crippen molar-refractivity contribution in [1.29, 1.82) is 0 Å². The average molecular weight is 436 g/mol. The number of sulfone groups is 1. The van der Waals surface area contributed by atoms with Gasteiger partial charge < -0.3 is 5.32 Å². The molecule has 156 valence electrons. The molecule has 3 aromatic rings. The van der Waals surface area contributed by atoms with E-state index >= 15 is 0 Å². The summed E-state index contributed by atoms with van der Waals surface area (Å²) in [6, 6.07) is 3.41. The molecule has 1 atom stereocenters. The molecule has 8 nitrogen and oxygen atoms in total. The van der Waals surface area contributed by atoms with Crippen LogP contribution in [0.2, 0.25) is 0 Å². The predicted octanol–water partition coefficient (Wildman–Crippen LogP) is 3.18. The molecule has 1 saturated heterocycles. The lowest BCUT2D eigenvalue weighted by atomic mass is 10.2. The smallest absolute Gasteiger partial charge is 0.266 e. The highest BCUT2D eigenvalue weighted by Crippen LogP contribution is 2.31. The number of carbonyl (C=O) groups is 1. The molecule has 0 bridgehead atoms. The minimum atomic E-state index is -3.04. The number of carbonyl (C=O) groups excluding carboxylic acids is 1. The molecule has 0 saturated carbocycles. The van der Waals surface area contributed by atoms with E-state index in [9.17, 15) is 13.2 Å². The van der Waals surface area contributed by atoms with Crippen molar-refractivity contribution in [1.82, 2.24) is 19.6 Å². The largest absolute Gasteiger partial charge is 0.306 e.